The molecule has 0 saturated carbocycles. The second-order valence-electron chi connectivity index (χ2n) is 10.3. The Kier molecular flexibility index (Phi) is 28.2. The molecule has 39 heavy (non-hydrogen) atoms. The molecular weight excluding hydrogens is 517 g/mol. The number of esters is 1. The maximum absolute atomic E-state index is 11.9. The summed E-state index contributed by atoms with van der Waals surface area (Å²) in [5.41, 5.74) is 5.28. The molecule has 0 spiro atoms. The number of rotatable bonds is 30. The largest absolute Gasteiger partial charge is 0.472 e. The first-order valence-electron chi connectivity index (χ1n) is 15.7. The summed E-state index contributed by atoms with van der Waals surface area (Å²) in [4.78, 5) is 21.5. The molecular formula is C30H60NO7P. The van der Waals surface area contributed by atoms with E-state index in [0.717, 1.165) is 12.8 Å². The van der Waals surface area contributed by atoms with Crippen molar-refractivity contribution in [3.8, 4) is 0 Å². The first-order valence-corrected chi connectivity index (χ1v) is 17.2. The molecule has 0 saturated heterocycles. The van der Waals surface area contributed by atoms with Crippen LogP contribution in [0.2, 0.25) is 0 Å². The highest BCUT2D eigenvalue weighted by Gasteiger charge is 2.25. The standard InChI is InChI=1S/C30H60NO7P/c1-3-5-6-7-8-9-10-11-12-13-14-15-16-17-18-19-20-21-22-25-35-27-29(38-30(32)23-4-2)28-37-39(33,34)36-26-24-31/h12-13,29H,3-11,14-28,31H2,1-2H3,(H,33,34)/b13-12-. The molecule has 0 rings (SSSR count). The van der Waals surface area contributed by atoms with Crippen LogP contribution in [0.4, 0.5) is 0 Å². The number of hydrogen-bond donors (Lipinski definition) is 2. The number of ether oxygens (including phenoxy) is 2. The van der Waals surface area contributed by atoms with Gasteiger partial charge in [0.2, 0.25) is 0 Å². The van der Waals surface area contributed by atoms with Crippen molar-refractivity contribution in [1.82, 2.24) is 0 Å². The molecule has 3 N–H and O–H groups in total. The smallest absolute Gasteiger partial charge is 0.457 e. The van der Waals surface area contributed by atoms with Crippen molar-refractivity contribution in [2.75, 3.05) is 33.0 Å². The highest BCUT2D eigenvalue weighted by atomic mass is 31.2. The first-order chi connectivity index (χ1) is 18.9. The Bertz CT molecular complexity index is 618. The fraction of sp³-hybridized carbons (Fsp3) is 0.900. The minimum absolute atomic E-state index is 0.0959. The number of carbonyl (C=O) groups is 1. The molecule has 0 aliphatic carbocycles. The summed E-state index contributed by atoms with van der Waals surface area (Å²) in [6, 6.07) is 0. The molecule has 232 valence electrons. The minimum atomic E-state index is -4.23. The van der Waals surface area contributed by atoms with Gasteiger partial charge in [0.05, 0.1) is 19.8 Å². The molecule has 2 atom stereocenters. The van der Waals surface area contributed by atoms with E-state index < -0.39 is 13.9 Å². The van der Waals surface area contributed by atoms with Crippen LogP contribution in [0.3, 0.4) is 0 Å². The van der Waals surface area contributed by atoms with Crippen LogP contribution < -0.4 is 5.73 Å². The van der Waals surface area contributed by atoms with Crippen LogP contribution in [0.5, 0.6) is 0 Å². The summed E-state index contributed by atoms with van der Waals surface area (Å²) in [5.74, 6) is -0.384. The first kappa shape index (κ1) is 38.2. The van der Waals surface area contributed by atoms with Gasteiger partial charge in [-0.15, -0.1) is 0 Å². The van der Waals surface area contributed by atoms with Crippen LogP contribution in [0, 0.1) is 0 Å². The molecule has 0 bridgehead atoms. The third-order valence-corrected chi connectivity index (χ3v) is 7.39. The van der Waals surface area contributed by atoms with Crippen LogP contribution in [-0.4, -0.2) is 49.9 Å². The highest BCUT2D eigenvalue weighted by Crippen LogP contribution is 2.43. The van der Waals surface area contributed by atoms with Crippen molar-refractivity contribution in [3.63, 3.8) is 0 Å². The molecule has 0 aliphatic heterocycles. The number of allylic oxidation sites excluding steroid dienone is 2. The van der Waals surface area contributed by atoms with Gasteiger partial charge in [0.1, 0.15) is 6.10 Å². The molecule has 9 heteroatoms. The van der Waals surface area contributed by atoms with Crippen molar-refractivity contribution >= 4 is 13.8 Å². The molecule has 0 aromatic carbocycles. The lowest BCUT2D eigenvalue weighted by Crippen LogP contribution is -2.28. The van der Waals surface area contributed by atoms with E-state index >= 15 is 0 Å². The third kappa shape index (κ3) is 28.6. The SMILES string of the molecule is CCCCCCCCC/C=C\CCCCCCCCCCOCC(COP(=O)(O)OCCN)OC(=O)CCC. The summed E-state index contributed by atoms with van der Waals surface area (Å²) >= 11 is 0. The third-order valence-electron chi connectivity index (χ3n) is 6.40. The normalized spacial score (nSPS) is 14.1. The Morgan fingerprint density at radius 2 is 1.28 bits per heavy atom. The summed E-state index contributed by atoms with van der Waals surface area (Å²) < 4.78 is 32.5. The number of hydrogen-bond acceptors (Lipinski definition) is 7. The van der Waals surface area contributed by atoms with Crippen LogP contribution in [-0.2, 0) is 27.9 Å². The van der Waals surface area contributed by atoms with Gasteiger partial charge in [-0.25, -0.2) is 4.57 Å². The quantitative estimate of drug-likeness (QED) is 0.0381. The molecule has 2 unspecified atom stereocenters. The topological polar surface area (TPSA) is 117 Å². The van der Waals surface area contributed by atoms with Gasteiger partial charge in [-0.3, -0.25) is 13.8 Å². The summed E-state index contributed by atoms with van der Waals surface area (Å²) in [6.07, 6.45) is 26.6. The Balaban J connectivity index is 3.71. The highest BCUT2D eigenvalue weighted by molar-refractivity contribution is 7.47. The molecule has 0 aromatic heterocycles. The van der Waals surface area contributed by atoms with Gasteiger partial charge in [0.25, 0.3) is 0 Å². The minimum Gasteiger partial charge on any atom is -0.457 e. The average molecular weight is 578 g/mol. The van der Waals surface area contributed by atoms with Crippen molar-refractivity contribution < 1.29 is 32.8 Å². The zero-order valence-electron chi connectivity index (χ0n) is 25.1. The second kappa shape index (κ2) is 28.8. The molecule has 0 radical (unpaired) electrons. The average Bonchev–Trinajstić information content (AvgIpc) is 2.91. The van der Waals surface area contributed by atoms with E-state index in [-0.39, 0.29) is 38.8 Å². The van der Waals surface area contributed by atoms with E-state index in [1.54, 1.807) is 0 Å². The van der Waals surface area contributed by atoms with E-state index in [9.17, 15) is 14.3 Å². The van der Waals surface area contributed by atoms with E-state index in [1.807, 2.05) is 6.92 Å². The van der Waals surface area contributed by atoms with Gasteiger partial charge in [-0.2, -0.15) is 0 Å². The number of unbranched alkanes of at least 4 members (excludes halogenated alkanes) is 15. The number of carbonyl (C=O) groups excluding carboxylic acids is 1. The Hall–Kier alpha value is -0.760. The Morgan fingerprint density at radius 3 is 1.82 bits per heavy atom. The number of phosphoric acid groups is 1. The van der Waals surface area contributed by atoms with Crippen molar-refractivity contribution in [2.24, 2.45) is 5.73 Å². The van der Waals surface area contributed by atoms with Gasteiger partial charge in [-0.1, -0.05) is 103 Å². The van der Waals surface area contributed by atoms with Gasteiger partial charge >= 0.3 is 13.8 Å². The van der Waals surface area contributed by atoms with E-state index in [4.69, 9.17) is 24.3 Å². The Morgan fingerprint density at radius 1 is 0.744 bits per heavy atom. The van der Waals surface area contributed by atoms with Crippen LogP contribution in [0.25, 0.3) is 0 Å². The molecule has 8 nitrogen and oxygen atoms in total. The van der Waals surface area contributed by atoms with Crippen LogP contribution >= 0.6 is 7.82 Å². The lowest BCUT2D eigenvalue weighted by Gasteiger charge is -2.19. The van der Waals surface area contributed by atoms with Crippen LogP contribution in [0.15, 0.2) is 12.2 Å². The monoisotopic (exact) mass is 577 g/mol. The summed E-state index contributed by atoms with van der Waals surface area (Å²) in [6.45, 7) is 4.53. The predicted molar refractivity (Wildman–Crippen MR) is 160 cm³/mol. The summed E-state index contributed by atoms with van der Waals surface area (Å²) in [5, 5.41) is 0. The number of nitrogens with two attached hydrogens (primary N) is 1. The van der Waals surface area contributed by atoms with E-state index in [2.05, 4.69) is 19.1 Å². The lowest BCUT2D eigenvalue weighted by molar-refractivity contribution is -0.154. The molecule has 0 aromatic rings. The summed E-state index contributed by atoms with van der Waals surface area (Å²) in [7, 11) is -4.23. The van der Waals surface area contributed by atoms with E-state index in [0.29, 0.717) is 13.0 Å². The molecule has 0 aliphatic rings. The van der Waals surface area contributed by atoms with E-state index in [1.165, 1.54) is 96.3 Å². The van der Waals surface area contributed by atoms with Gasteiger partial charge in [0, 0.05) is 19.6 Å². The second-order valence-corrected chi connectivity index (χ2v) is 11.8. The number of phosphoric ester groups is 1. The zero-order chi connectivity index (χ0) is 28.9. The van der Waals surface area contributed by atoms with Gasteiger partial charge < -0.3 is 20.1 Å². The maximum Gasteiger partial charge on any atom is 0.472 e. The lowest BCUT2D eigenvalue weighted by atomic mass is 10.1. The van der Waals surface area contributed by atoms with Crippen molar-refractivity contribution in [1.29, 1.82) is 0 Å². The molecule has 0 heterocycles. The van der Waals surface area contributed by atoms with Gasteiger partial charge in [-0.05, 0) is 38.5 Å². The van der Waals surface area contributed by atoms with Crippen molar-refractivity contribution in [2.45, 2.75) is 142 Å². The molecule has 0 fully saturated rings. The fourth-order valence-corrected chi connectivity index (χ4v) is 4.91. The zero-order valence-corrected chi connectivity index (χ0v) is 26.0. The van der Waals surface area contributed by atoms with Crippen LogP contribution in [0.1, 0.15) is 136 Å². The molecule has 0 amide bonds. The predicted octanol–water partition coefficient (Wildman–Crippen LogP) is 8.02. The fourth-order valence-electron chi connectivity index (χ4n) is 4.14. The maximum atomic E-state index is 11.9. The van der Waals surface area contributed by atoms with Gasteiger partial charge in [0.15, 0.2) is 0 Å². The van der Waals surface area contributed by atoms with Crippen molar-refractivity contribution in [3.05, 3.63) is 12.2 Å². The Labute approximate surface area is 239 Å².